The van der Waals surface area contributed by atoms with Crippen molar-refractivity contribution in [3.05, 3.63) is 12.2 Å². The van der Waals surface area contributed by atoms with Gasteiger partial charge in [-0.2, -0.15) is 0 Å². The molecule has 0 aromatic rings. The Morgan fingerprint density at radius 2 is 0.945 bits per heavy atom. The number of ether oxygens (including phenoxy) is 1. The van der Waals surface area contributed by atoms with Crippen LogP contribution in [0.5, 0.6) is 0 Å². The number of phosphoric ester groups is 1. The normalized spacial score (nSPS) is 13.8. The maximum Gasteiger partial charge on any atom is 0.472 e. The molecule has 0 aromatic carbocycles. The van der Waals surface area contributed by atoms with Gasteiger partial charge in [0.15, 0.2) is 6.04 Å². The van der Waals surface area contributed by atoms with Gasteiger partial charge in [0.25, 0.3) is 0 Å². The summed E-state index contributed by atoms with van der Waals surface area (Å²) in [4.78, 5) is 45.9. The van der Waals surface area contributed by atoms with Crippen molar-refractivity contribution in [3.8, 4) is 0 Å². The molecule has 0 bridgehead atoms. The molecule has 0 spiro atoms. The molecule has 0 aliphatic heterocycles. The van der Waals surface area contributed by atoms with Gasteiger partial charge in [0, 0.05) is 12.8 Å². The van der Waals surface area contributed by atoms with E-state index in [4.69, 9.17) is 13.8 Å². The fourth-order valence-electron chi connectivity index (χ4n) is 6.31. The second-order valence-electron chi connectivity index (χ2n) is 15.2. The monoisotopic (exact) mass is 804 g/mol. The van der Waals surface area contributed by atoms with Gasteiger partial charge < -0.3 is 25.2 Å². The van der Waals surface area contributed by atoms with Gasteiger partial charge in [-0.3, -0.25) is 18.6 Å². The lowest BCUT2D eigenvalue weighted by molar-refractivity contribution is -0.147. The van der Waals surface area contributed by atoms with E-state index in [1.807, 2.05) is 0 Å². The minimum Gasteiger partial charge on any atom is -0.480 e. The molecule has 0 saturated carbocycles. The molecule has 3 unspecified atom stereocenters. The number of allylic oxidation sites excluding steroid dienone is 2. The van der Waals surface area contributed by atoms with E-state index in [9.17, 15) is 34.1 Å². The van der Waals surface area contributed by atoms with E-state index in [2.05, 4.69) is 31.3 Å². The number of hydrogen-bond acceptors (Lipinski definition) is 8. The summed E-state index contributed by atoms with van der Waals surface area (Å²) in [6.45, 7) is 2.60. The number of unbranched alkanes of at least 4 members (excludes halogenated alkanes) is 26. The number of phosphoric acid groups is 1. The summed E-state index contributed by atoms with van der Waals surface area (Å²) in [5.41, 5.74) is 0. The van der Waals surface area contributed by atoms with E-state index in [0.29, 0.717) is 12.8 Å². The predicted octanol–water partition coefficient (Wildman–Crippen LogP) is 11.3. The zero-order valence-electron chi connectivity index (χ0n) is 35.0. The SMILES string of the molecule is CCCCCCCCC/C=C\CCCCCCCC(=O)NC(COP(=O)(O)OCC(O)COC(=O)CCCCCCCCCCCCCCCCC)C(=O)O. The van der Waals surface area contributed by atoms with Crippen LogP contribution in [0.4, 0.5) is 0 Å². The Bertz CT molecular complexity index is 995. The Labute approximate surface area is 335 Å². The number of carboxylic acids is 1. The number of carbonyl (C=O) groups excluding carboxylic acids is 2. The van der Waals surface area contributed by atoms with E-state index in [1.165, 1.54) is 116 Å². The summed E-state index contributed by atoms with van der Waals surface area (Å²) in [5.74, 6) is -2.37. The van der Waals surface area contributed by atoms with Crippen LogP contribution in [0.1, 0.15) is 213 Å². The molecule has 55 heavy (non-hydrogen) atoms. The molecule has 0 rings (SSSR count). The largest absolute Gasteiger partial charge is 0.480 e. The van der Waals surface area contributed by atoms with Crippen molar-refractivity contribution in [2.24, 2.45) is 0 Å². The van der Waals surface area contributed by atoms with Crippen LogP contribution in [0.25, 0.3) is 0 Å². The molecular formula is C43H82NO10P. The number of rotatable bonds is 42. The molecule has 1 amide bonds. The van der Waals surface area contributed by atoms with Crippen molar-refractivity contribution < 1.29 is 47.8 Å². The number of aliphatic hydroxyl groups is 1. The number of hydrogen-bond donors (Lipinski definition) is 4. The Kier molecular flexibility index (Phi) is 37.8. The lowest BCUT2D eigenvalue weighted by atomic mass is 10.0. The lowest BCUT2D eigenvalue weighted by Crippen LogP contribution is -2.43. The molecule has 0 heterocycles. The highest BCUT2D eigenvalue weighted by Gasteiger charge is 2.28. The van der Waals surface area contributed by atoms with Crippen molar-refractivity contribution in [2.75, 3.05) is 19.8 Å². The molecule has 11 nitrogen and oxygen atoms in total. The molecule has 0 fully saturated rings. The van der Waals surface area contributed by atoms with Crippen LogP contribution >= 0.6 is 7.82 Å². The highest BCUT2D eigenvalue weighted by Crippen LogP contribution is 2.43. The van der Waals surface area contributed by atoms with Gasteiger partial charge in [-0.1, -0.05) is 174 Å². The fourth-order valence-corrected chi connectivity index (χ4v) is 7.08. The van der Waals surface area contributed by atoms with E-state index >= 15 is 0 Å². The summed E-state index contributed by atoms with van der Waals surface area (Å²) >= 11 is 0. The maximum atomic E-state index is 12.3. The third-order valence-electron chi connectivity index (χ3n) is 9.80. The summed E-state index contributed by atoms with van der Waals surface area (Å²) < 4.78 is 26.8. The van der Waals surface area contributed by atoms with Gasteiger partial charge >= 0.3 is 19.8 Å². The second kappa shape index (κ2) is 39.1. The summed E-state index contributed by atoms with van der Waals surface area (Å²) in [6, 6.07) is -1.55. The van der Waals surface area contributed by atoms with Crippen LogP contribution in [0.3, 0.4) is 0 Å². The smallest absolute Gasteiger partial charge is 0.472 e. The van der Waals surface area contributed by atoms with Crippen molar-refractivity contribution in [3.63, 3.8) is 0 Å². The van der Waals surface area contributed by atoms with Gasteiger partial charge in [-0.05, 0) is 38.5 Å². The Balaban J connectivity index is 3.89. The number of aliphatic hydroxyl groups excluding tert-OH is 1. The average Bonchev–Trinajstić information content (AvgIpc) is 3.16. The number of carbonyl (C=O) groups is 3. The number of nitrogens with one attached hydrogen (secondary N) is 1. The molecule has 0 radical (unpaired) electrons. The zero-order valence-corrected chi connectivity index (χ0v) is 35.9. The predicted molar refractivity (Wildman–Crippen MR) is 222 cm³/mol. The summed E-state index contributed by atoms with van der Waals surface area (Å²) in [6.07, 6.45) is 38.0. The number of aliphatic carboxylic acids is 1. The van der Waals surface area contributed by atoms with Crippen LogP contribution in [-0.2, 0) is 32.7 Å². The quantitative estimate of drug-likeness (QED) is 0.0202. The Hall–Kier alpha value is -1.78. The van der Waals surface area contributed by atoms with Crippen LogP contribution < -0.4 is 5.32 Å². The van der Waals surface area contributed by atoms with E-state index in [-0.39, 0.29) is 12.8 Å². The highest BCUT2D eigenvalue weighted by molar-refractivity contribution is 7.47. The van der Waals surface area contributed by atoms with Crippen LogP contribution in [0, 0.1) is 0 Å². The molecule has 0 aliphatic carbocycles. The molecule has 4 N–H and O–H groups in total. The van der Waals surface area contributed by atoms with Gasteiger partial charge in [0.1, 0.15) is 12.7 Å². The number of carboxylic acid groups (broad SMARTS) is 1. The van der Waals surface area contributed by atoms with Crippen LogP contribution in [-0.4, -0.2) is 64.9 Å². The molecule has 0 saturated heterocycles. The Morgan fingerprint density at radius 1 is 0.564 bits per heavy atom. The van der Waals surface area contributed by atoms with Crippen molar-refractivity contribution in [1.29, 1.82) is 0 Å². The standard InChI is InChI=1S/C43H82NO10P/c1-3-5-7-9-11-13-15-17-19-21-22-24-26-28-30-32-34-41(46)44-40(43(48)49)38-54-55(50,51)53-37-39(45)36-52-42(47)35-33-31-29-27-25-23-20-18-16-14-12-10-8-6-4-2/h19,21,39-40,45H,3-18,20,22-38H2,1-2H3,(H,44,46)(H,48,49)(H,50,51)/b21-19-. The first-order chi connectivity index (χ1) is 26.6. The van der Waals surface area contributed by atoms with Crippen molar-refractivity contribution in [2.45, 2.75) is 225 Å². The lowest BCUT2D eigenvalue weighted by Gasteiger charge is -2.18. The van der Waals surface area contributed by atoms with Crippen molar-refractivity contribution >= 4 is 25.7 Å². The molecule has 324 valence electrons. The molecule has 0 aliphatic rings. The number of esters is 1. The van der Waals surface area contributed by atoms with E-state index in [1.54, 1.807) is 0 Å². The van der Waals surface area contributed by atoms with Gasteiger partial charge in [0.2, 0.25) is 5.91 Å². The minimum atomic E-state index is -4.75. The summed E-state index contributed by atoms with van der Waals surface area (Å²) in [5, 5.41) is 21.8. The molecule has 3 atom stereocenters. The topological polar surface area (TPSA) is 169 Å². The highest BCUT2D eigenvalue weighted by atomic mass is 31.2. The third-order valence-corrected chi connectivity index (χ3v) is 10.8. The van der Waals surface area contributed by atoms with Crippen LogP contribution in [0.15, 0.2) is 12.2 Å². The molecule has 12 heteroatoms. The third kappa shape index (κ3) is 38.9. The molecule has 0 aromatic heterocycles. The van der Waals surface area contributed by atoms with Gasteiger partial charge in [-0.25, -0.2) is 9.36 Å². The minimum absolute atomic E-state index is 0.139. The first kappa shape index (κ1) is 53.2. The molecular weight excluding hydrogens is 721 g/mol. The van der Waals surface area contributed by atoms with Crippen molar-refractivity contribution in [1.82, 2.24) is 5.32 Å². The first-order valence-electron chi connectivity index (χ1n) is 22.2. The fraction of sp³-hybridized carbons (Fsp3) is 0.884. The Morgan fingerprint density at radius 3 is 1.38 bits per heavy atom. The van der Waals surface area contributed by atoms with Gasteiger partial charge in [-0.15, -0.1) is 0 Å². The average molecular weight is 804 g/mol. The van der Waals surface area contributed by atoms with Gasteiger partial charge in [0.05, 0.1) is 13.2 Å². The van der Waals surface area contributed by atoms with E-state index in [0.717, 1.165) is 57.8 Å². The maximum absolute atomic E-state index is 12.3. The second-order valence-corrected chi connectivity index (χ2v) is 16.7. The summed E-state index contributed by atoms with van der Waals surface area (Å²) in [7, 11) is -4.75. The van der Waals surface area contributed by atoms with E-state index < -0.39 is 57.6 Å². The first-order valence-corrected chi connectivity index (χ1v) is 23.7. The van der Waals surface area contributed by atoms with Crippen LogP contribution in [0.2, 0.25) is 0 Å². The number of amides is 1. The zero-order chi connectivity index (χ0) is 40.7.